The standard InChI is InChI=1S/C12H7ClN2O3/c13-8-5-14-15(6-8)10-3-7-1-2-9(16)4-11(7)18-12(10)17/h1-6,16H. The van der Waals surface area contributed by atoms with E-state index in [0.717, 1.165) is 0 Å². The second-order valence-electron chi connectivity index (χ2n) is 3.74. The zero-order chi connectivity index (χ0) is 12.7. The lowest BCUT2D eigenvalue weighted by Gasteiger charge is -2.02. The van der Waals surface area contributed by atoms with Crippen molar-refractivity contribution in [3.8, 4) is 11.4 Å². The Kier molecular flexibility index (Phi) is 2.34. The molecular weight excluding hydrogens is 256 g/mol. The van der Waals surface area contributed by atoms with Crippen molar-refractivity contribution in [2.24, 2.45) is 0 Å². The Morgan fingerprint density at radius 3 is 2.89 bits per heavy atom. The van der Waals surface area contributed by atoms with Gasteiger partial charge in [-0.1, -0.05) is 11.6 Å². The molecule has 1 aromatic carbocycles. The lowest BCUT2D eigenvalue weighted by atomic mass is 10.2. The number of fused-ring (bicyclic) bond motifs is 1. The number of benzene rings is 1. The van der Waals surface area contributed by atoms with Crippen molar-refractivity contribution in [2.45, 2.75) is 0 Å². The SMILES string of the molecule is O=c1oc2cc(O)ccc2cc1-n1cc(Cl)cn1. The minimum Gasteiger partial charge on any atom is -0.508 e. The van der Waals surface area contributed by atoms with E-state index in [-0.39, 0.29) is 11.4 Å². The van der Waals surface area contributed by atoms with E-state index in [4.69, 9.17) is 16.0 Å². The highest BCUT2D eigenvalue weighted by atomic mass is 35.5. The molecule has 6 heteroatoms. The molecule has 3 rings (SSSR count). The Labute approximate surface area is 106 Å². The number of halogens is 1. The van der Waals surface area contributed by atoms with Crippen LogP contribution >= 0.6 is 11.6 Å². The van der Waals surface area contributed by atoms with E-state index in [1.807, 2.05) is 0 Å². The van der Waals surface area contributed by atoms with Crippen molar-refractivity contribution in [1.29, 1.82) is 0 Å². The summed E-state index contributed by atoms with van der Waals surface area (Å²) < 4.78 is 6.47. The molecule has 18 heavy (non-hydrogen) atoms. The molecule has 0 aliphatic rings. The van der Waals surface area contributed by atoms with E-state index >= 15 is 0 Å². The first-order valence-electron chi connectivity index (χ1n) is 5.11. The maximum Gasteiger partial charge on any atom is 0.362 e. The quantitative estimate of drug-likeness (QED) is 0.684. The average Bonchev–Trinajstić information content (AvgIpc) is 2.74. The molecule has 0 saturated heterocycles. The van der Waals surface area contributed by atoms with E-state index < -0.39 is 5.63 Å². The van der Waals surface area contributed by atoms with E-state index in [1.54, 1.807) is 12.1 Å². The molecule has 1 N–H and O–H groups in total. The first kappa shape index (κ1) is 10.9. The van der Waals surface area contributed by atoms with Crippen LogP contribution in [0.15, 0.2) is 45.9 Å². The van der Waals surface area contributed by atoms with Crippen molar-refractivity contribution in [3.05, 3.63) is 52.1 Å². The summed E-state index contributed by atoms with van der Waals surface area (Å²) in [5.74, 6) is 0.0422. The molecule has 0 saturated carbocycles. The van der Waals surface area contributed by atoms with Gasteiger partial charge in [-0.15, -0.1) is 0 Å². The maximum absolute atomic E-state index is 11.8. The molecule has 0 spiro atoms. The van der Waals surface area contributed by atoms with E-state index in [0.29, 0.717) is 16.0 Å². The molecule has 0 atom stereocenters. The van der Waals surface area contributed by atoms with Crippen molar-refractivity contribution in [3.63, 3.8) is 0 Å². The van der Waals surface area contributed by atoms with Gasteiger partial charge in [-0.05, 0) is 18.2 Å². The van der Waals surface area contributed by atoms with Crippen LogP contribution in [-0.2, 0) is 0 Å². The van der Waals surface area contributed by atoms with Crippen molar-refractivity contribution in [1.82, 2.24) is 9.78 Å². The molecular formula is C12H7ClN2O3. The topological polar surface area (TPSA) is 68.3 Å². The average molecular weight is 263 g/mol. The van der Waals surface area contributed by atoms with Crippen LogP contribution in [0.5, 0.6) is 5.75 Å². The minimum absolute atomic E-state index is 0.0422. The highest BCUT2D eigenvalue weighted by Crippen LogP contribution is 2.20. The molecule has 0 radical (unpaired) electrons. The van der Waals surface area contributed by atoms with Crippen LogP contribution in [-0.4, -0.2) is 14.9 Å². The van der Waals surface area contributed by atoms with Gasteiger partial charge in [-0.2, -0.15) is 5.10 Å². The van der Waals surface area contributed by atoms with Gasteiger partial charge in [0.1, 0.15) is 11.3 Å². The highest BCUT2D eigenvalue weighted by Gasteiger charge is 2.09. The Hall–Kier alpha value is -2.27. The fourth-order valence-corrected chi connectivity index (χ4v) is 1.82. The number of nitrogens with zero attached hydrogens (tertiary/aromatic N) is 2. The van der Waals surface area contributed by atoms with Gasteiger partial charge in [0.05, 0.1) is 11.2 Å². The van der Waals surface area contributed by atoms with Crippen molar-refractivity contribution < 1.29 is 9.52 Å². The van der Waals surface area contributed by atoms with Gasteiger partial charge in [-0.3, -0.25) is 0 Å². The molecule has 5 nitrogen and oxygen atoms in total. The fourth-order valence-electron chi connectivity index (χ4n) is 1.68. The first-order chi connectivity index (χ1) is 8.63. The third kappa shape index (κ3) is 1.74. The van der Waals surface area contributed by atoms with Crippen LogP contribution in [0.2, 0.25) is 5.02 Å². The highest BCUT2D eigenvalue weighted by molar-refractivity contribution is 6.30. The van der Waals surface area contributed by atoms with Gasteiger partial charge in [-0.25, -0.2) is 9.48 Å². The third-order valence-corrected chi connectivity index (χ3v) is 2.69. The minimum atomic E-state index is -0.548. The number of rotatable bonds is 1. The normalized spacial score (nSPS) is 10.9. The van der Waals surface area contributed by atoms with Gasteiger partial charge < -0.3 is 9.52 Å². The number of phenolic OH excluding ortho intramolecular Hbond substituents is 1. The predicted molar refractivity (Wildman–Crippen MR) is 66.3 cm³/mol. The van der Waals surface area contributed by atoms with Crippen LogP contribution in [0, 0.1) is 0 Å². The number of hydrogen-bond acceptors (Lipinski definition) is 4. The summed E-state index contributed by atoms with van der Waals surface area (Å²) in [5.41, 5.74) is 0.0370. The summed E-state index contributed by atoms with van der Waals surface area (Å²) in [5, 5.41) is 14.4. The zero-order valence-corrected chi connectivity index (χ0v) is 9.76. The van der Waals surface area contributed by atoms with Gasteiger partial charge in [0, 0.05) is 17.6 Å². The van der Waals surface area contributed by atoms with Crippen molar-refractivity contribution >= 4 is 22.6 Å². The molecule has 2 heterocycles. The predicted octanol–water partition coefficient (Wildman–Crippen LogP) is 2.34. The summed E-state index contributed by atoms with van der Waals surface area (Å²) >= 11 is 5.75. The molecule has 0 aliphatic heterocycles. The summed E-state index contributed by atoms with van der Waals surface area (Å²) in [6.45, 7) is 0. The van der Waals surface area contributed by atoms with Gasteiger partial charge in [0.25, 0.3) is 0 Å². The monoisotopic (exact) mass is 262 g/mol. The lowest BCUT2D eigenvalue weighted by molar-refractivity contribution is 0.473. The number of phenols is 1. The van der Waals surface area contributed by atoms with Crippen LogP contribution < -0.4 is 5.63 Å². The summed E-state index contributed by atoms with van der Waals surface area (Å²) in [6.07, 6.45) is 2.95. The van der Waals surface area contributed by atoms with Crippen LogP contribution in [0.3, 0.4) is 0 Å². The number of aromatic nitrogens is 2. The Bertz CT molecular complexity index is 791. The van der Waals surface area contributed by atoms with Crippen molar-refractivity contribution in [2.75, 3.05) is 0 Å². The summed E-state index contributed by atoms with van der Waals surface area (Å²) in [4.78, 5) is 11.8. The lowest BCUT2D eigenvalue weighted by Crippen LogP contribution is -2.10. The molecule has 90 valence electrons. The second kappa shape index (κ2) is 3.89. The largest absolute Gasteiger partial charge is 0.508 e. The third-order valence-electron chi connectivity index (χ3n) is 2.50. The zero-order valence-electron chi connectivity index (χ0n) is 9.00. The van der Waals surface area contributed by atoms with E-state index in [9.17, 15) is 9.90 Å². The number of aromatic hydroxyl groups is 1. The first-order valence-corrected chi connectivity index (χ1v) is 5.49. The second-order valence-corrected chi connectivity index (χ2v) is 4.18. The van der Waals surface area contributed by atoms with Crippen LogP contribution in [0.25, 0.3) is 16.7 Å². The molecule has 2 aromatic heterocycles. The Morgan fingerprint density at radius 1 is 1.33 bits per heavy atom. The van der Waals surface area contributed by atoms with Crippen LogP contribution in [0.4, 0.5) is 0 Å². The van der Waals surface area contributed by atoms with Gasteiger partial charge in [0.2, 0.25) is 0 Å². The van der Waals surface area contributed by atoms with Crippen LogP contribution in [0.1, 0.15) is 0 Å². The van der Waals surface area contributed by atoms with Gasteiger partial charge in [0.15, 0.2) is 5.69 Å². The smallest absolute Gasteiger partial charge is 0.362 e. The Morgan fingerprint density at radius 2 is 2.17 bits per heavy atom. The molecule has 0 amide bonds. The Balaban J connectivity index is 2.28. The number of hydrogen-bond donors (Lipinski definition) is 1. The van der Waals surface area contributed by atoms with Gasteiger partial charge >= 0.3 is 5.63 Å². The summed E-state index contributed by atoms with van der Waals surface area (Å²) in [7, 11) is 0. The summed E-state index contributed by atoms with van der Waals surface area (Å²) in [6, 6.07) is 6.19. The molecule has 0 fully saturated rings. The maximum atomic E-state index is 11.8. The fraction of sp³-hybridized carbons (Fsp3) is 0. The van der Waals surface area contributed by atoms with E-state index in [1.165, 1.54) is 29.2 Å². The molecule has 0 bridgehead atoms. The molecule has 0 aliphatic carbocycles. The van der Waals surface area contributed by atoms with E-state index in [2.05, 4.69) is 5.10 Å². The molecule has 0 unspecified atom stereocenters. The molecule has 3 aromatic rings.